The number of aliphatic hydroxyl groups excluding tert-OH is 1. The highest BCUT2D eigenvalue weighted by Gasteiger charge is 2.31. The number of halogens is 3. The summed E-state index contributed by atoms with van der Waals surface area (Å²) in [5.41, 5.74) is 0.625. The van der Waals surface area contributed by atoms with E-state index in [-0.39, 0.29) is 18.8 Å². The van der Waals surface area contributed by atoms with Crippen LogP contribution >= 0.6 is 45.8 Å². The Morgan fingerprint density at radius 1 is 1.30 bits per heavy atom. The molecule has 1 aliphatic rings. The van der Waals surface area contributed by atoms with E-state index in [0.29, 0.717) is 15.7 Å². The van der Waals surface area contributed by atoms with Gasteiger partial charge in [-0.15, -0.1) is 0 Å². The van der Waals surface area contributed by atoms with Crippen LogP contribution in [0.1, 0.15) is 0 Å². The zero-order valence-electron chi connectivity index (χ0n) is 9.99. The SMILES string of the molecule is O=C1C=C(Nc2c(Cl)cc(Cl)cc2I)C(=O)N1CCO. The lowest BCUT2D eigenvalue weighted by molar-refractivity contribution is -0.137. The van der Waals surface area contributed by atoms with E-state index in [9.17, 15) is 9.59 Å². The number of carbonyl (C=O) groups excluding carboxylic acids is 2. The van der Waals surface area contributed by atoms with Gasteiger partial charge in [0.25, 0.3) is 11.8 Å². The molecule has 0 spiro atoms. The number of nitrogens with one attached hydrogen (secondary N) is 1. The number of amides is 2. The van der Waals surface area contributed by atoms with Crippen LogP contribution in [0.2, 0.25) is 10.0 Å². The summed E-state index contributed by atoms with van der Waals surface area (Å²) in [6, 6.07) is 3.23. The molecule has 20 heavy (non-hydrogen) atoms. The molecule has 1 heterocycles. The molecule has 0 aromatic heterocycles. The molecule has 0 saturated carbocycles. The Kier molecular flexibility index (Phi) is 4.90. The van der Waals surface area contributed by atoms with Gasteiger partial charge in [-0.1, -0.05) is 23.2 Å². The highest BCUT2D eigenvalue weighted by atomic mass is 127. The van der Waals surface area contributed by atoms with Crippen LogP contribution in [0.25, 0.3) is 0 Å². The number of anilines is 1. The van der Waals surface area contributed by atoms with E-state index in [4.69, 9.17) is 28.3 Å². The monoisotopic (exact) mass is 426 g/mol. The van der Waals surface area contributed by atoms with Gasteiger partial charge in [-0.25, -0.2) is 0 Å². The largest absolute Gasteiger partial charge is 0.395 e. The maximum absolute atomic E-state index is 12.0. The number of β-amino-alcohol motifs (C(OH)–C–C–N with tert-alkyl or cyclic N) is 1. The van der Waals surface area contributed by atoms with E-state index < -0.39 is 11.8 Å². The molecule has 0 bridgehead atoms. The van der Waals surface area contributed by atoms with Gasteiger partial charge in [0.05, 0.1) is 23.9 Å². The van der Waals surface area contributed by atoms with Crippen LogP contribution in [0.5, 0.6) is 0 Å². The first kappa shape index (κ1) is 15.6. The maximum atomic E-state index is 12.0. The minimum atomic E-state index is -0.495. The van der Waals surface area contributed by atoms with Crippen molar-refractivity contribution in [1.29, 1.82) is 0 Å². The Hall–Kier alpha value is -0.830. The van der Waals surface area contributed by atoms with Crippen molar-refractivity contribution in [3.8, 4) is 0 Å². The number of nitrogens with zero attached hydrogens (tertiary/aromatic N) is 1. The highest BCUT2D eigenvalue weighted by molar-refractivity contribution is 14.1. The Balaban J connectivity index is 2.26. The average molecular weight is 427 g/mol. The van der Waals surface area contributed by atoms with Gasteiger partial charge in [0, 0.05) is 14.7 Å². The quantitative estimate of drug-likeness (QED) is 0.572. The molecule has 0 atom stereocenters. The van der Waals surface area contributed by atoms with Gasteiger partial charge in [0.1, 0.15) is 5.70 Å². The summed E-state index contributed by atoms with van der Waals surface area (Å²) < 4.78 is 0.724. The lowest BCUT2D eigenvalue weighted by Crippen LogP contribution is -2.34. The van der Waals surface area contributed by atoms with Crippen LogP contribution in [-0.4, -0.2) is 35.0 Å². The summed E-state index contributed by atoms with van der Waals surface area (Å²) >= 11 is 14.0. The Bertz CT molecular complexity index is 596. The first-order chi connectivity index (χ1) is 9.43. The van der Waals surface area contributed by atoms with Crippen molar-refractivity contribution in [2.75, 3.05) is 18.5 Å². The summed E-state index contributed by atoms with van der Waals surface area (Å²) in [5, 5.41) is 12.5. The zero-order valence-corrected chi connectivity index (χ0v) is 13.7. The molecule has 0 fully saturated rings. The molecule has 1 aromatic rings. The molecule has 0 radical (unpaired) electrons. The Labute approximate surface area is 138 Å². The predicted molar refractivity (Wildman–Crippen MR) is 84.7 cm³/mol. The maximum Gasteiger partial charge on any atom is 0.277 e. The van der Waals surface area contributed by atoms with Crippen molar-refractivity contribution in [3.05, 3.63) is 37.5 Å². The second-order valence-electron chi connectivity index (χ2n) is 3.95. The van der Waals surface area contributed by atoms with E-state index in [2.05, 4.69) is 5.32 Å². The number of carbonyl (C=O) groups is 2. The second-order valence-corrected chi connectivity index (χ2v) is 5.95. The molecule has 5 nitrogen and oxygen atoms in total. The number of hydrogen-bond acceptors (Lipinski definition) is 4. The summed E-state index contributed by atoms with van der Waals surface area (Å²) in [6.45, 7) is -0.317. The third-order valence-corrected chi connectivity index (χ3v) is 3.97. The van der Waals surface area contributed by atoms with E-state index in [1.54, 1.807) is 12.1 Å². The highest BCUT2D eigenvalue weighted by Crippen LogP contribution is 2.32. The molecule has 106 valence electrons. The predicted octanol–water partition coefficient (Wildman–Crippen LogP) is 2.25. The lowest BCUT2D eigenvalue weighted by atomic mass is 10.3. The molecule has 1 aliphatic heterocycles. The second kappa shape index (κ2) is 6.30. The number of rotatable bonds is 4. The van der Waals surface area contributed by atoms with Crippen LogP contribution in [0.3, 0.4) is 0 Å². The lowest BCUT2D eigenvalue weighted by Gasteiger charge is -2.14. The van der Waals surface area contributed by atoms with E-state index in [1.807, 2.05) is 22.6 Å². The molecule has 2 N–H and O–H groups in total. The molecule has 0 unspecified atom stereocenters. The summed E-state index contributed by atoms with van der Waals surface area (Å²) in [7, 11) is 0. The van der Waals surface area contributed by atoms with Crippen LogP contribution in [0, 0.1) is 3.57 Å². The van der Waals surface area contributed by atoms with Gasteiger partial charge in [0.2, 0.25) is 0 Å². The number of benzene rings is 1. The van der Waals surface area contributed by atoms with E-state index in [0.717, 1.165) is 8.47 Å². The molecule has 0 saturated heterocycles. The van der Waals surface area contributed by atoms with Crippen LogP contribution in [-0.2, 0) is 9.59 Å². The van der Waals surface area contributed by atoms with E-state index >= 15 is 0 Å². The standard InChI is InChI=1S/C12H9Cl2IN2O3/c13-6-3-7(14)11(8(15)4-6)16-9-5-10(19)17(1-2-18)12(9)20/h3-5,16,18H,1-2H2. The first-order valence-electron chi connectivity index (χ1n) is 5.54. The number of aliphatic hydroxyl groups is 1. The molecular weight excluding hydrogens is 418 g/mol. The van der Waals surface area contributed by atoms with Crippen molar-refractivity contribution in [1.82, 2.24) is 4.90 Å². The van der Waals surface area contributed by atoms with Crippen molar-refractivity contribution in [2.45, 2.75) is 0 Å². The average Bonchev–Trinajstić information content (AvgIpc) is 2.62. The summed E-state index contributed by atoms with van der Waals surface area (Å²) in [4.78, 5) is 24.6. The minimum absolute atomic E-state index is 0.0369. The zero-order chi connectivity index (χ0) is 14.9. The van der Waals surface area contributed by atoms with Gasteiger partial charge >= 0.3 is 0 Å². The van der Waals surface area contributed by atoms with Crippen molar-refractivity contribution >= 4 is 63.3 Å². The van der Waals surface area contributed by atoms with Gasteiger partial charge < -0.3 is 10.4 Å². The summed E-state index contributed by atoms with van der Waals surface area (Å²) in [6.07, 6.45) is 1.18. The van der Waals surface area contributed by atoms with Crippen molar-refractivity contribution < 1.29 is 14.7 Å². The molecule has 8 heteroatoms. The van der Waals surface area contributed by atoms with Gasteiger partial charge in [0.15, 0.2) is 0 Å². The molecular formula is C12H9Cl2IN2O3. The molecule has 1 aromatic carbocycles. The minimum Gasteiger partial charge on any atom is -0.395 e. The smallest absolute Gasteiger partial charge is 0.277 e. The Morgan fingerprint density at radius 2 is 2.00 bits per heavy atom. The van der Waals surface area contributed by atoms with Gasteiger partial charge in [-0.05, 0) is 34.7 Å². The summed E-state index contributed by atoms with van der Waals surface area (Å²) in [5.74, 6) is -0.961. The van der Waals surface area contributed by atoms with Crippen LogP contribution in [0.4, 0.5) is 5.69 Å². The third-order valence-electron chi connectivity index (χ3n) is 2.60. The third kappa shape index (κ3) is 3.08. The fourth-order valence-electron chi connectivity index (χ4n) is 1.71. The van der Waals surface area contributed by atoms with Crippen LogP contribution < -0.4 is 5.32 Å². The van der Waals surface area contributed by atoms with Crippen molar-refractivity contribution in [3.63, 3.8) is 0 Å². The molecule has 2 amide bonds. The number of hydrogen-bond donors (Lipinski definition) is 2. The molecule has 0 aliphatic carbocycles. The Morgan fingerprint density at radius 3 is 2.60 bits per heavy atom. The topological polar surface area (TPSA) is 69.6 Å². The van der Waals surface area contributed by atoms with Crippen LogP contribution in [0.15, 0.2) is 23.9 Å². The fourth-order valence-corrected chi connectivity index (χ4v) is 3.35. The fraction of sp³-hybridized carbons (Fsp3) is 0.167. The van der Waals surface area contributed by atoms with Crippen molar-refractivity contribution in [2.24, 2.45) is 0 Å². The normalized spacial score (nSPS) is 14.8. The van der Waals surface area contributed by atoms with Gasteiger partial charge in [-0.3, -0.25) is 14.5 Å². The number of imide groups is 1. The molecule has 2 rings (SSSR count). The first-order valence-corrected chi connectivity index (χ1v) is 7.37. The van der Waals surface area contributed by atoms with E-state index in [1.165, 1.54) is 6.08 Å². The van der Waals surface area contributed by atoms with Gasteiger partial charge in [-0.2, -0.15) is 0 Å².